The predicted octanol–water partition coefficient (Wildman–Crippen LogP) is 2.27. The van der Waals surface area contributed by atoms with Crippen LogP contribution in [-0.4, -0.2) is 22.2 Å². The van der Waals surface area contributed by atoms with Gasteiger partial charge in [0.15, 0.2) is 0 Å². The summed E-state index contributed by atoms with van der Waals surface area (Å²) in [6.45, 7) is 1.98. The lowest BCUT2D eigenvalue weighted by Gasteiger charge is -2.23. The van der Waals surface area contributed by atoms with Crippen molar-refractivity contribution in [2.75, 3.05) is 7.11 Å². The van der Waals surface area contributed by atoms with Crippen LogP contribution in [0.25, 0.3) is 11.5 Å². The highest BCUT2D eigenvalue weighted by atomic mass is 16.5. The van der Waals surface area contributed by atoms with Crippen LogP contribution in [0.2, 0.25) is 0 Å². The van der Waals surface area contributed by atoms with Crippen LogP contribution in [0.15, 0.2) is 22.9 Å². The first-order chi connectivity index (χ1) is 9.67. The van der Waals surface area contributed by atoms with E-state index in [0.29, 0.717) is 28.9 Å². The summed E-state index contributed by atoms with van der Waals surface area (Å²) in [5.41, 5.74) is 0.548. The van der Waals surface area contributed by atoms with Gasteiger partial charge in [0.1, 0.15) is 17.4 Å². The highest BCUT2D eigenvalue weighted by Crippen LogP contribution is 2.46. The Morgan fingerprint density at radius 1 is 1.45 bits per heavy atom. The zero-order valence-corrected chi connectivity index (χ0v) is 11.3. The van der Waals surface area contributed by atoms with Crippen molar-refractivity contribution in [1.82, 2.24) is 15.1 Å². The normalized spacial score (nSPS) is 17.4. The molecular weight excluding hydrogens is 256 g/mol. The second kappa shape index (κ2) is 4.69. The fourth-order valence-corrected chi connectivity index (χ4v) is 2.20. The Bertz CT molecular complexity index is 655. The van der Waals surface area contributed by atoms with Gasteiger partial charge in [-0.05, 0) is 37.8 Å². The second-order valence-electron chi connectivity index (χ2n) is 5.05. The largest absolute Gasteiger partial charge is 0.370 e. The summed E-state index contributed by atoms with van der Waals surface area (Å²) < 4.78 is 10.9. The van der Waals surface area contributed by atoms with Gasteiger partial charge in [-0.1, -0.05) is 5.16 Å². The Labute approximate surface area is 116 Å². The zero-order chi connectivity index (χ0) is 14.2. The molecule has 0 bridgehead atoms. The molecule has 0 radical (unpaired) electrons. The van der Waals surface area contributed by atoms with Crippen molar-refractivity contribution in [3.05, 3.63) is 29.8 Å². The molecule has 2 heterocycles. The Morgan fingerprint density at radius 2 is 2.25 bits per heavy atom. The highest BCUT2D eigenvalue weighted by Gasteiger charge is 2.46. The van der Waals surface area contributed by atoms with Crippen LogP contribution in [0.5, 0.6) is 0 Å². The number of hydrogen-bond donors (Lipinski definition) is 0. The van der Waals surface area contributed by atoms with Crippen LogP contribution in [0.1, 0.15) is 31.3 Å². The molecule has 0 saturated heterocycles. The summed E-state index contributed by atoms with van der Waals surface area (Å²) in [7, 11) is 1.66. The molecule has 1 fully saturated rings. The van der Waals surface area contributed by atoms with Crippen molar-refractivity contribution >= 4 is 0 Å². The van der Waals surface area contributed by atoms with Gasteiger partial charge < -0.3 is 9.26 Å². The molecule has 0 spiro atoms. The molecular formula is C14H14N4O2. The Morgan fingerprint density at radius 3 is 2.80 bits per heavy atom. The third-order valence-electron chi connectivity index (χ3n) is 3.78. The Balaban J connectivity index is 1.91. The van der Waals surface area contributed by atoms with Crippen molar-refractivity contribution in [3.63, 3.8) is 0 Å². The van der Waals surface area contributed by atoms with Crippen LogP contribution >= 0.6 is 0 Å². The number of hydrogen-bond acceptors (Lipinski definition) is 6. The lowest BCUT2D eigenvalue weighted by Crippen LogP contribution is -2.28. The third-order valence-corrected chi connectivity index (χ3v) is 3.78. The van der Waals surface area contributed by atoms with Crippen molar-refractivity contribution in [3.8, 4) is 17.5 Å². The van der Waals surface area contributed by atoms with E-state index in [1.807, 2.05) is 13.0 Å². The van der Waals surface area contributed by atoms with E-state index in [1.165, 1.54) is 0 Å². The fourth-order valence-electron chi connectivity index (χ4n) is 2.20. The lowest BCUT2D eigenvalue weighted by molar-refractivity contribution is -0.0269. The van der Waals surface area contributed by atoms with Gasteiger partial charge in [0.2, 0.25) is 5.82 Å². The van der Waals surface area contributed by atoms with Crippen LogP contribution in [0.4, 0.5) is 0 Å². The maximum atomic E-state index is 8.73. The summed E-state index contributed by atoms with van der Waals surface area (Å²) in [6.07, 6.45) is 3.79. The molecule has 2 aromatic heterocycles. The van der Waals surface area contributed by atoms with Crippen molar-refractivity contribution in [2.45, 2.75) is 25.4 Å². The van der Waals surface area contributed by atoms with E-state index in [2.05, 4.69) is 15.1 Å². The van der Waals surface area contributed by atoms with Gasteiger partial charge in [0, 0.05) is 13.3 Å². The third kappa shape index (κ3) is 2.06. The number of methoxy groups -OCH3 is 1. The molecule has 0 amide bonds. The molecule has 102 valence electrons. The molecule has 0 aliphatic heterocycles. The molecule has 6 heteroatoms. The molecule has 1 unspecified atom stereocenters. The quantitative estimate of drug-likeness (QED) is 0.847. The minimum Gasteiger partial charge on any atom is -0.370 e. The molecule has 3 rings (SSSR count). The summed E-state index contributed by atoms with van der Waals surface area (Å²) >= 11 is 0. The molecule has 1 saturated carbocycles. The Kier molecular flexibility index (Phi) is 2.99. The minimum absolute atomic E-state index is 0.355. The van der Waals surface area contributed by atoms with Crippen molar-refractivity contribution in [2.24, 2.45) is 5.92 Å². The maximum Gasteiger partial charge on any atom is 0.259 e. The van der Waals surface area contributed by atoms with Gasteiger partial charge in [0.05, 0.1) is 5.56 Å². The molecule has 1 aliphatic rings. The van der Waals surface area contributed by atoms with E-state index >= 15 is 0 Å². The van der Waals surface area contributed by atoms with E-state index in [-0.39, 0.29) is 0 Å². The maximum absolute atomic E-state index is 8.73. The lowest BCUT2D eigenvalue weighted by atomic mass is 9.99. The molecule has 1 atom stereocenters. The molecule has 6 nitrogen and oxygen atoms in total. The summed E-state index contributed by atoms with van der Waals surface area (Å²) in [4.78, 5) is 8.41. The van der Waals surface area contributed by atoms with Gasteiger partial charge in [-0.3, -0.25) is 0 Å². The van der Waals surface area contributed by atoms with Crippen LogP contribution in [0.3, 0.4) is 0 Å². The van der Waals surface area contributed by atoms with Gasteiger partial charge in [0.25, 0.3) is 5.89 Å². The number of nitriles is 1. The van der Waals surface area contributed by atoms with Crippen LogP contribution in [0, 0.1) is 17.2 Å². The first kappa shape index (κ1) is 12.8. The number of aromatic nitrogens is 3. The average molecular weight is 270 g/mol. The average Bonchev–Trinajstić information content (AvgIpc) is 3.24. The first-order valence-corrected chi connectivity index (χ1v) is 6.43. The Hall–Kier alpha value is -2.26. The van der Waals surface area contributed by atoms with Gasteiger partial charge in [-0.2, -0.15) is 10.2 Å². The van der Waals surface area contributed by atoms with E-state index in [1.54, 1.807) is 25.4 Å². The number of ether oxygens (including phenoxy) is 1. The monoisotopic (exact) mass is 270 g/mol. The number of rotatable bonds is 4. The standard InChI is InChI=1S/C14H14N4O2/c1-14(19-2,10-4-5-10)13-17-12(20-18-13)9-3-6-11(7-15)16-8-9/h3,6,8,10H,4-5H2,1-2H3. The zero-order valence-electron chi connectivity index (χ0n) is 11.3. The molecule has 1 aliphatic carbocycles. The van der Waals surface area contributed by atoms with Gasteiger partial charge >= 0.3 is 0 Å². The van der Waals surface area contributed by atoms with Crippen LogP contribution < -0.4 is 0 Å². The smallest absolute Gasteiger partial charge is 0.259 e. The number of pyridine rings is 1. The summed E-state index contributed by atoms with van der Waals surface area (Å²) in [5, 5.41) is 12.8. The fraction of sp³-hybridized carbons (Fsp3) is 0.429. The van der Waals surface area contributed by atoms with E-state index in [4.69, 9.17) is 14.5 Å². The van der Waals surface area contributed by atoms with Crippen molar-refractivity contribution in [1.29, 1.82) is 5.26 Å². The first-order valence-electron chi connectivity index (χ1n) is 6.43. The summed E-state index contributed by atoms with van der Waals surface area (Å²) in [5.74, 6) is 1.39. The van der Waals surface area contributed by atoms with Crippen molar-refractivity contribution < 1.29 is 9.26 Å². The molecule has 2 aromatic rings. The highest BCUT2D eigenvalue weighted by molar-refractivity contribution is 5.51. The second-order valence-corrected chi connectivity index (χ2v) is 5.05. The van der Waals surface area contributed by atoms with E-state index in [9.17, 15) is 0 Å². The summed E-state index contributed by atoms with van der Waals surface area (Å²) in [6, 6.07) is 5.33. The number of nitrogens with zero attached hydrogens (tertiary/aromatic N) is 4. The molecule has 20 heavy (non-hydrogen) atoms. The van der Waals surface area contributed by atoms with Crippen LogP contribution in [-0.2, 0) is 10.3 Å². The topological polar surface area (TPSA) is 84.8 Å². The van der Waals surface area contributed by atoms with E-state index < -0.39 is 5.60 Å². The van der Waals surface area contributed by atoms with Gasteiger partial charge in [-0.15, -0.1) is 0 Å². The molecule has 0 aromatic carbocycles. The van der Waals surface area contributed by atoms with Gasteiger partial charge in [-0.25, -0.2) is 4.98 Å². The molecule has 0 N–H and O–H groups in total. The van der Waals surface area contributed by atoms with E-state index in [0.717, 1.165) is 12.8 Å². The SMILES string of the molecule is COC(C)(c1noc(-c2ccc(C#N)nc2)n1)C1CC1. The minimum atomic E-state index is -0.498. The predicted molar refractivity (Wildman–Crippen MR) is 69.3 cm³/mol.